The fraction of sp³-hybridized carbons (Fsp3) is 0.241. The van der Waals surface area contributed by atoms with E-state index in [9.17, 15) is 4.79 Å². The molecule has 0 bridgehead atoms. The molecule has 1 fully saturated rings. The number of carbonyl (C=O) groups is 1. The predicted molar refractivity (Wildman–Crippen MR) is 137 cm³/mol. The summed E-state index contributed by atoms with van der Waals surface area (Å²) < 4.78 is 11.5. The van der Waals surface area contributed by atoms with E-state index in [1.54, 1.807) is 7.11 Å². The van der Waals surface area contributed by atoms with Gasteiger partial charge in [-0.3, -0.25) is 4.79 Å². The minimum atomic E-state index is 0.135. The molecule has 1 saturated heterocycles. The largest absolute Gasteiger partial charge is 0.497 e. The van der Waals surface area contributed by atoms with E-state index in [-0.39, 0.29) is 5.91 Å². The first kappa shape index (κ1) is 22.7. The van der Waals surface area contributed by atoms with Crippen molar-refractivity contribution in [3.63, 3.8) is 0 Å². The monoisotopic (exact) mass is 467 g/mol. The Balaban J connectivity index is 1.23. The van der Waals surface area contributed by atoms with Gasteiger partial charge >= 0.3 is 0 Å². The van der Waals surface area contributed by atoms with Crippen LogP contribution in [-0.2, 0) is 11.2 Å². The second kappa shape index (κ2) is 10.5. The summed E-state index contributed by atoms with van der Waals surface area (Å²) in [5.41, 5.74) is 3.91. The number of rotatable bonds is 7. The van der Waals surface area contributed by atoms with Gasteiger partial charge in [-0.05, 0) is 12.1 Å². The van der Waals surface area contributed by atoms with Crippen LogP contribution in [0.15, 0.2) is 89.3 Å². The third kappa shape index (κ3) is 5.22. The average Bonchev–Trinajstić information content (AvgIpc) is 3.37. The molecule has 0 unspecified atom stereocenters. The molecule has 6 nitrogen and oxygen atoms in total. The lowest BCUT2D eigenvalue weighted by atomic mass is 10.1. The molecule has 2 heterocycles. The maximum Gasteiger partial charge on any atom is 0.223 e. The molecule has 1 aromatic heterocycles. The fourth-order valence-electron chi connectivity index (χ4n) is 4.44. The van der Waals surface area contributed by atoms with Crippen LogP contribution in [0, 0.1) is 0 Å². The highest BCUT2D eigenvalue weighted by Crippen LogP contribution is 2.33. The van der Waals surface area contributed by atoms with Crippen molar-refractivity contribution in [2.75, 3.05) is 38.2 Å². The minimum Gasteiger partial charge on any atom is -0.497 e. The zero-order valence-corrected chi connectivity index (χ0v) is 19.9. The Morgan fingerprint density at radius 2 is 1.57 bits per heavy atom. The molecule has 5 rings (SSSR count). The molecule has 0 aliphatic carbocycles. The second-order valence-corrected chi connectivity index (χ2v) is 8.59. The number of amides is 1. The number of anilines is 1. The van der Waals surface area contributed by atoms with Crippen molar-refractivity contribution >= 4 is 11.6 Å². The number of benzene rings is 3. The molecule has 178 valence electrons. The predicted octanol–water partition coefficient (Wildman–Crippen LogP) is 5.30. The van der Waals surface area contributed by atoms with Gasteiger partial charge in [-0.15, -0.1) is 0 Å². The smallest absolute Gasteiger partial charge is 0.223 e. The second-order valence-electron chi connectivity index (χ2n) is 8.59. The number of aryl methyl sites for hydroxylation is 1. The lowest BCUT2D eigenvalue weighted by Gasteiger charge is -2.36. The summed E-state index contributed by atoms with van der Waals surface area (Å²) in [6.07, 6.45) is 0.851. The summed E-state index contributed by atoms with van der Waals surface area (Å²) in [4.78, 5) is 22.0. The van der Waals surface area contributed by atoms with E-state index in [0.29, 0.717) is 31.8 Å². The molecule has 0 radical (unpaired) electrons. The number of hydrogen-bond donors (Lipinski definition) is 0. The molecule has 1 aliphatic rings. The van der Waals surface area contributed by atoms with Gasteiger partial charge in [-0.25, -0.2) is 4.98 Å². The summed E-state index contributed by atoms with van der Waals surface area (Å²) >= 11 is 0. The molecule has 0 saturated carbocycles. The molecule has 1 aliphatic heterocycles. The van der Waals surface area contributed by atoms with Crippen LogP contribution < -0.4 is 9.64 Å². The number of piperazine rings is 1. The molecule has 0 spiro atoms. The standard InChI is InChI=1S/C29H29N3O3/c1-34-25-14-8-13-24(21-25)31-17-19-32(20-18-31)27(33)16-15-26-30-28(22-9-4-2-5-10-22)29(35-26)23-11-6-3-7-12-23/h2-14,21H,15-20H2,1H3. The Morgan fingerprint density at radius 1 is 0.886 bits per heavy atom. The van der Waals surface area contributed by atoms with Gasteiger partial charge in [0.25, 0.3) is 0 Å². The van der Waals surface area contributed by atoms with E-state index in [4.69, 9.17) is 14.1 Å². The van der Waals surface area contributed by atoms with Crippen LogP contribution in [0.25, 0.3) is 22.6 Å². The van der Waals surface area contributed by atoms with E-state index in [1.807, 2.05) is 83.8 Å². The molecule has 1 amide bonds. The molecule has 6 heteroatoms. The first-order chi connectivity index (χ1) is 17.2. The van der Waals surface area contributed by atoms with Crippen molar-refractivity contribution in [2.45, 2.75) is 12.8 Å². The number of methoxy groups -OCH3 is 1. The number of aromatic nitrogens is 1. The van der Waals surface area contributed by atoms with Crippen LogP contribution in [-0.4, -0.2) is 49.1 Å². The van der Waals surface area contributed by atoms with E-state index < -0.39 is 0 Å². The number of oxazole rings is 1. The van der Waals surface area contributed by atoms with Gasteiger partial charge in [0.15, 0.2) is 11.7 Å². The van der Waals surface area contributed by atoms with Crippen LogP contribution in [0.3, 0.4) is 0 Å². The highest BCUT2D eigenvalue weighted by molar-refractivity contribution is 5.78. The van der Waals surface area contributed by atoms with Gasteiger partial charge in [0.05, 0.1) is 7.11 Å². The molecule has 35 heavy (non-hydrogen) atoms. The van der Waals surface area contributed by atoms with Gasteiger partial charge in [0.2, 0.25) is 5.91 Å². The Bertz CT molecular complexity index is 1210. The zero-order chi connectivity index (χ0) is 24.0. The molecular weight excluding hydrogens is 438 g/mol. The first-order valence-corrected chi connectivity index (χ1v) is 12.0. The lowest BCUT2D eigenvalue weighted by molar-refractivity contribution is -0.131. The number of hydrogen-bond acceptors (Lipinski definition) is 5. The molecule has 4 aromatic rings. The van der Waals surface area contributed by atoms with Crippen molar-refractivity contribution in [3.05, 3.63) is 90.8 Å². The Hall–Kier alpha value is -4.06. The van der Waals surface area contributed by atoms with Crippen LogP contribution in [0.4, 0.5) is 5.69 Å². The topological polar surface area (TPSA) is 58.8 Å². The quantitative estimate of drug-likeness (QED) is 0.369. The van der Waals surface area contributed by atoms with E-state index in [2.05, 4.69) is 11.0 Å². The van der Waals surface area contributed by atoms with E-state index in [1.165, 1.54) is 0 Å². The molecule has 3 aromatic carbocycles. The lowest BCUT2D eigenvalue weighted by Crippen LogP contribution is -2.48. The Labute approximate surface area is 205 Å². The SMILES string of the molecule is COc1cccc(N2CCN(C(=O)CCc3nc(-c4ccccc4)c(-c4ccccc4)o3)CC2)c1. The average molecular weight is 468 g/mol. The number of ether oxygens (including phenoxy) is 1. The summed E-state index contributed by atoms with van der Waals surface area (Å²) in [5, 5.41) is 0. The highest BCUT2D eigenvalue weighted by atomic mass is 16.5. The normalized spacial score (nSPS) is 13.6. The highest BCUT2D eigenvalue weighted by Gasteiger charge is 2.23. The van der Waals surface area contributed by atoms with Gasteiger partial charge in [-0.1, -0.05) is 66.7 Å². The third-order valence-corrected chi connectivity index (χ3v) is 6.36. The number of nitrogens with zero attached hydrogens (tertiary/aromatic N) is 3. The van der Waals surface area contributed by atoms with Crippen LogP contribution in [0.1, 0.15) is 12.3 Å². The summed E-state index contributed by atoms with van der Waals surface area (Å²) in [6, 6.07) is 28.1. The summed E-state index contributed by atoms with van der Waals surface area (Å²) in [6.45, 7) is 3.00. The minimum absolute atomic E-state index is 0.135. The zero-order valence-electron chi connectivity index (χ0n) is 19.9. The molecule has 0 atom stereocenters. The van der Waals surface area contributed by atoms with Crippen molar-refractivity contribution in [1.29, 1.82) is 0 Å². The fourth-order valence-corrected chi connectivity index (χ4v) is 4.44. The van der Waals surface area contributed by atoms with Gasteiger partial charge in [0, 0.05) is 61.9 Å². The van der Waals surface area contributed by atoms with Crippen LogP contribution in [0.5, 0.6) is 5.75 Å². The summed E-state index contributed by atoms with van der Waals surface area (Å²) in [5.74, 6) is 2.31. The first-order valence-electron chi connectivity index (χ1n) is 12.0. The van der Waals surface area contributed by atoms with Crippen LogP contribution >= 0.6 is 0 Å². The maximum atomic E-state index is 13.0. The van der Waals surface area contributed by atoms with Crippen molar-refractivity contribution in [3.8, 4) is 28.3 Å². The third-order valence-electron chi connectivity index (χ3n) is 6.36. The van der Waals surface area contributed by atoms with E-state index in [0.717, 1.165) is 47.1 Å². The van der Waals surface area contributed by atoms with Crippen molar-refractivity contribution in [1.82, 2.24) is 9.88 Å². The molecule has 0 N–H and O–H groups in total. The van der Waals surface area contributed by atoms with Crippen LogP contribution in [0.2, 0.25) is 0 Å². The van der Waals surface area contributed by atoms with Gasteiger partial charge in [-0.2, -0.15) is 0 Å². The van der Waals surface area contributed by atoms with Gasteiger partial charge < -0.3 is 19.0 Å². The summed E-state index contributed by atoms with van der Waals surface area (Å²) in [7, 11) is 1.68. The van der Waals surface area contributed by atoms with E-state index >= 15 is 0 Å². The van der Waals surface area contributed by atoms with Crippen molar-refractivity contribution < 1.29 is 13.9 Å². The Morgan fingerprint density at radius 3 is 2.26 bits per heavy atom. The van der Waals surface area contributed by atoms with Crippen molar-refractivity contribution in [2.24, 2.45) is 0 Å². The number of carbonyl (C=O) groups excluding carboxylic acids is 1. The molecular formula is C29H29N3O3. The maximum absolute atomic E-state index is 13.0. The van der Waals surface area contributed by atoms with Gasteiger partial charge in [0.1, 0.15) is 11.4 Å². The Kier molecular flexibility index (Phi) is 6.80.